The molecule has 0 aliphatic carbocycles. The van der Waals surface area contributed by atoms with E-state index < -0.39 is 0 Å². The summed E-state index contributed by atoms with van der Waals surface area (Å²) in [6, 6.07) is 20.8. The van der Waals surface area contributed by atoms with Gasteiger partial charge in [-0.3, -0.25) is 4.79 Å². The van der Waals surface area contributed by atoms with E-state index in [1.807, 2.05) is 61.8 Å². The third-order valence-corrected chi connectivity index (χ3v) is 5.87. The second kappa shape index (κ2) is 8.84. The van der Waals surface area contributed by atoms with Crippen LogP contribution < -0.4 is 10.1 Å². The van der Waals surface area contributed by atoms with Gasteiger partial charge in [0.1, 0.15) is 5.75 Å². The van der Waals surface area contributed by atoms with Gasteiger partial charge in [-0.15, -0.1) is 11.3 Å². The number of carbonyl (C=O) groups is 1. The monoisotopic (exact) mass is 455 g/mol. The summed E-state index contributed by atoms with van der Waals surface area (Å²) in [6.07, 6.45) is 0. The molecule has 33 heavy (non-hydrogen) atoms. The summed E-state index contributed by atoms with van der Waals surface area (Å²) in [7, 11) is 0. The summed E-state index contributed by atoms with van der Waals surface area (Å²) in [5.74, 6) is 1.10. The fourth-order valence-electron chi connectivity index (χ4n) is 3.53. The number of hydrogen-bond donors (Lipinski definition) is 1. The summed E-state index contributed by atoms with van der Waals surface area (Å²) < 4.78 is 8.24. The van der Waals surface area contributed by atoms with E-state index in [2.05, 4.69) is 26.4 Å². The molecule has 164 valence electrons. The second-order valence-electron chi connectivity index (χ2n) is 7.41. The van der Waals surface area contributed by atoms with Crippen molar-refractivity contribution in [1.29, 1.82) is 0 Å². The van der Waals surface area contributed by atoms with Crippen molar-refractivity contribution in [3.05, 3.63) is 83.6 Å². The molecule has 5 aromatic rings. The predicted octanol–water partition coefficient (Wildman–Crippen LogP) is 5.50. The molecule has 0 bridgehead atoms. The Labute approximate surface area is 194 Å². The van der Waals surface area contributed by atoms with Crippen molar-refractivity contribution >= 4 is 33.1 Å². The smallest absolute Gasteiger partial charge is 0.276 e. The van der Waals surface area contributed by atoms with Crippen LogP contribution in [0.4, 0.5) is 5.69 Å². The number of anilines is 1. The first kappa shape index (κ1) is 20.8. The van der Waals surface area contributed by atoms with E-state index in [1.165, 1.54) is 0 Å². The molecular weight excluding hydrogens is 434 g/mol. The molecule has 2 aromatic carbocycles. The topological polar surface area (TPSA) is 81.9 Å². The summed E-state index contributed by atoms with van der Waals surface area (Å²) in [5, 5.41) is 7.52. The van der Waals surface area contributed by atoms with Crippen LogP contribution in [0.15, 0.2) is 72.2 Å². The van der Waals surface area contributed by atoms with Gasteiger partial charge in [-0.05, 0) is 68.4 Å². The molecule has 0 aliphatic heterocycles. The number of rotatable bonds is 6. The predicted molar refractivity (Wildman–Crippen MR) is 130 cm³/mol. The van der Waals surface area contributed by atoms with E-state index in [4.69, 9.17) is 4.74 Å². The van der Waals surface area contributed by atoms with E-state index in [9.17, 15) is 4.79 Å². The van der Waals surface area contributed by atoms with E-state index >= 15 is 0 Å². The molecular formula is C25H21N5O2S. The minimum absolute atomic E-state index is 0.298. The highest BCUT2D eigenvalue weighted by molar-refractivity contribution is 7.16. The molecule has 0 unspecified atom stereocenters. The van der Waals surface area contributed by atoms with Gasteiger partial charge in [-0.25, -0.2) is 14.6 Å². The van der Waals surface area contributed by atoms with Gasteiger partial charge in [0.15, 0.2) is 11.5 Å². The molecule has 8 heteroatoms. The van der Waals surface area contributed by atoms with Crippen LogP contribution in [0.25, 0.3) is 27.3 Å². The lowest BCUT2D eigenvalue weighted by molar-refractivity contribution is 0.102. The number of hydrogen-bond acceptors (Lipinski definition) is 6. The minimum Gasteiger partial charge on any atom is -0.494 e. The SMILES string of the molecule is CCOc1ccc(NC(=O)c2cc(-c3ccc4ncsc4c3)n(-c3cccc(C)n3)n2)cc1. The van der Waals surface area contributed by atoms with Crippen LogP contribution in [0.2, 0.25) is 0 Å². The molecule has 0 fully saturated rings. The third kappa shape index (κ3) is 4.33. The molecule has 0 aliphatic rings. The van der Waals surface area contributed by atoms with Gasteiger partial charge in [0.05, 0.1) is 28.0 Å². The van der Waals surface area contributed by atoms with Crippen molar-refractivity contribution in [3.8, 4) is 22.8 Å². The highest BCUT2D eigenvalue weighted by atomic mass is 32.1. The average molecular weight is 456 g/mol. The number of fused-ring (bicyclic) bond motifs is 1. The second-order valence-corrected chi connectivity index (χ2v) is 8.30. The van der Waals surface area contributed by atoms with Crippen LogP contribution in [-0.2, 0) is 0 Å². The number of aromatic nitrogens is 4. The Balaban J connectivity index is 1.52. The fraction of sp³-hybridized carbons (Fsp3) is 0.120. The lowest BCUT2D eigenvalue weighted by Crippen LogP contribution is -2.13. The Morgan fingerprint density at radius 2 is 1.94 bits per heavy atom. The molecule has 0 saturated heterocycles. The zero-order valence-electron chi connectivity index (χ0n) is 18.1. The Morgan fingerprint density at radius 3 is 2.73 bits per heavy atom. The minimum atomic E-state index is -0.300. The highest BCUT2D eigenvalue weighted by Gasteiger charge is 2.18. The van der Waals surface area contributed by atoms with Crippen LogP contribution in [-0.4, -0.2) is 32.3 Å². The van der Waals surface area contributed by atoms with E-state index in [0.29, 0.717) is 23.8 Å². The van der Waals surface area contributed by atoms with Crippen molar-refractivity contribution in [2.45, 2.75) is 13.8 Å². The number of nitrogens with zero attached hydrogens (tertiary/aromatic N) is 4. The molecule has 7 nitrogen and oxygen atoms in total. The number of benzene rings is 2. The Morgan fingerprint density at radius 1 is 1.09 bits per heavy atom. The maximum atomic E-state index is 13.0. The molecule has 1 amide bonds. The number of pyridine rings is 1. The van der Waals surface area contributed by atoms with Gasteiger partial charge in [0, 0.05) is 16.9 Å². The Hall–Kier alpha value is -4.04. The number of amides is 1. The van der Waals surface area contributed by atoms with Crippen molar-refractivity contribution in [3.63, 3.8) is 0 Å². The molecule has 0 spiro atoms. The van der Waals surface area contributed by atoms with Gasteiger partial charge in [0.2, 0.25) is 0 Å². The first-order chi connectivity index (χ1) is 16.1. The summed E-state index contributed by atoms with van der Waals surface area (Å²) in [4.78, 5) is 22.0. The van der Waals surface area contributed by atoms with Gasteiger partial charge in [-0.2, -0.15) is 5.10 Å². The molecule has 0 radical (unpaired) electrons. The normalized spacial score (nSPS) is 11.0. The Bertz CT molecular complexity index is 1440. The quantitative estimate of drug-likeness (QED) is 0.365. The largest absolute Gasteiger partial charge is 0.494 e. The first-order valence-corrected chi connectivity index (χ1v) is 11.4. The van der Waals surface area contributed by atoms with E-state index in [0.717, 1.165) is 32.9 Å². The van der Waals surface area contributed by atoms with Crippen LogP contribution in [0.3, 0.4) is 0 Å². The van der Waals surface area contributed by atoms with Crippen LogP contribution in [0.5, 0.6) is 5.75 Å². The zero-order chi connectivity index (χ0) is 22.8. The summed E-state index contributed by atoms with van der Waals surface area (Å²) in [6.45, 7) is 4.45. The number of carbonyl (C=O) groups excluding carboxylic acids is 1. The van der Waals surface area contributed by atoms with Crippen LogP contribution in [0.1, 0.15) is 23.1 Å². The maximum Gasteiger partial charge on any atom is 0.276 e. The lowest BCUT2D eigenvalue weighted by atomic mass is 10.1. The van der Waals surface area contributed by atoms with Crippen molar-refractivity contribution < 1.29 is 9.53 Å². The van der Waals surface area contributed by atoms with Gasteiger partial charge in [-0.1, -0.05) is 12.1 Å². The number of ether oxygens (including phenoxy) is 1. The number of thiazole rings is 1. The number of nitrogens with one attached hydrogen (secondary N) is 1. The molecule has 0 saturated carbocycles. The standard InChI is InChI=1S/C25H21N5O2S/c1-3-32-19-10-8-18(9-11-19)28-25(31)21-14-22(17-7-12-20-23(13-17)33-15-26-20)30(29-21)24-6-4-5-16(2)27-24/h4-15H,3H2,1-2H3,(H,28,31). The average Bonchev–Trinajstić information content (AvgIpc) is 3.47. The molecule has 3 aromatic heterocycles. The lowest BCUT2D eigenvalue weighted by Gasteiger charge is -2.07. The van der Waals surface area contributed by atoms with Crippen LogP contribution in [0, 0.1) is 6.92 Å². The van der Waals surface area contributed by atoms with Crippen molar-refractivity contribution in [1.82, 2.24) is 19.7 Å². The summed E-state index contributed by atoms with van der Waals surface area (Å²) in [5.41, 5.74) is 6.31. The third-order valence-electron chi connectivity index (χ3n) is 5.08. The zero-order valence-corrected chi connectivity index (χ0v) is 19.0. The van der Waals surface area contributed by atoms with Gasteiger partial charge >= 0.3 is 0 Å². The van der Waals surface area contributed by atoms with Gasteiger partial charge in [0.25, 0.3) is 5.91 Å². The van der Waals surface area contributed by atoms with Crippen molar-refractivity contribution in [2.24, 2.45) is 0 Å². The van der Waals surface area contributed by atoms with Crippen LogP contribution >= 0.6 is 11.3 Å². The van der Waals surface area contributed by atoms with Gasteiger partial charge < -0.3 is 10.1 Å². The maximum absolute atomic E-state index is 13.0. The van der Waals surface area contributed by atoms with Crippen molar-refractivity contribution in [2.75, 3.05) is 11.9 Å². The molecule has 0 atom stereocenters. The number of aryl methyl sites for hydroxylation is 1. The molecule has 1 N–H and O–H groups in total. The Kier molecular flexibility index (Phi) is 5.58. The molecule has 3 heterocycles. The summed E-state index contributed by atoms with van der Waals surface area (Å²) >= 11 is 1.57. The van der Waals surface area contributed by atoms with E-state index in [-0.39, 0.29) is 5.91 Å². The van der Waals surface area contributed by atoms with E-state index in [1.54, 1.807) is 34.2 Å². The highest BCUT2D eigenvalue weighted by Crippen LogP contribution is 2.29. The molecule has 5 rings (SSSR count). The fourth-order valence-corrected chi connectivity index (χ4v) is 4.25. The first-order valence-electron chi connectivity index (χ1n) is 10.5.